The number of para-hydroxylation sites is 2. The van der Waals surface area contributed by atoms with Crippen LogP contribution in [0.5, 0.6) is 0 Å². The molecule has 2 amide bonds. The number of amides is 2. The molecule has 5 nitrogen and oxygen atoms in total. The molecule has 1 saturated heterocycles. The Hall–Kier alpha value is -1.88. The van der Waals surface area contributed by atoms with E-state index in [0.29, 0.717) is 24.1 Å². The highest BCUT2D eigenvalue weighted by molar-refractivity contribution is 6.14. The van der Waals surface area contributed by atoms with Crippen LogP contribution in [0.25, 0.3) is 0 Å². The van der Waals surface area contributed by atoms with Crippen LogP contribution >= 0.6 is 0 Å². The van der Waals surface area contributed by atoms with Gasteiger partial charge >= 0.3 is 0 Å². The lowest BCUT2D eigenvalue weighted by Crippen LogP contribution is -2.60. The van der Waals surface area contributed by atoms with Crippen molar-refractivity contribution in [1.29, 1.82) is 0 Å². The molecule has 1 aromatic rings. The molecule has 0 aromatic heterocycles. The van der Waals surface area contributed by atoms with E-state index < -0.39 is 5.54 Å². The van der Waals surface area contributed by atoms with Gasteiger partial charge < -0.3 is 5.32 Å². The van der Waals surface area contributed by atoms with Crippen molar-refractivity contribution >= 4 is 23.2 Å². The topological polar surface area (TPSA) is 52.7 Å². The lowest BCUT2D eigenvalue weighted by Gasteiger charge is -2.43. The zero-order chi connectivity index (χ0) is 17.5. The monoisotopic (exact) mass is 329 g/mol. The number of rotatable bonds is 2. The van der Waals surface area contributed by atoms with Gasteiger partial charge in [-0.3, -0.25) is 19.4 Å². The number of fused-ring (bicyclic) bond motifs is 1. The zero-order valence-corrected chi connectivity index (χ0v) is 15.0. The maximum absolute atomic E-state index is 13.1. The molecule has 0 aliphatic carbocycles. The number of nitrogens with zero attached hydrogens (tertiary/aromatic N) is 2. The van der Waals surface area contributed by atoms with E-state index in [4.69, 9.17) is 0 Å². The summed E-state index contributed by atoms with van der Waals surface area (Å²) in [6.45, 7) is 10.3. The van der Waals surface area contributed by atoms with Crippen molar-refractivity contribution in [2.24, 2.45) is 11.8 Å². The molecule has 2 aliphatic rings. The number of carbonyl (C=O) groups is 2. The minimum absolute atomic E-state index is 0.0106. The van der Waals surface area contributed by atoms with Crippen LogP contribution in [-0.2, 0) is 9.59 Å². The summed E-state index contributed by atoms with van der Waals surface area (Å²) in [4.78, 5) is 29.5. The number of carbonyl (C=O) groups excluding carboxylic acids is 2. The highest BCUT2D eigenvalue weighted by Crippen LogP contribution is 2.36. The Bertz CT molecular complexity index is 646. The average molecular weight is 329 g/mol. The fourth-order valence-corrected chi connectivity index (χ4v) is 4.08. The smallest absolute Gasteiger partial charge is 0.250 e. The van der Waals surface area contributed by atoms with E-state index in [2.05, 4.69) is 24.1 Å². The molecule has 2 atom stereocenters. The summed E-state index contributed by atoms with van der Waals surface area (Å²) in [6, 6.07) is 7.51. The third-order valence-electron chi connectivity index (χ3n) is 5.06. The second-order valence-electron chi connectivity index (χ2n) is 7.90. The van der Waals surface area contributed by atoms with Crippen molar-refractivity contribution < 1.29 is 9.59 Å². The first-order valence-electron chi connectivity index (χ1n) is 8.75. The normalized spacial score (nSPS) is 26.7. The molecule has 3 rings (SSSR count). The van der Waals surface area contributed by atoms with Gasteiger partial charge in [0.05, 0.1) is 17.9 Å². The Balaban J connectivity index is 1.86. The molecule has 24 heavy (non-hydrogen) atoms. The average Bonchev–Trinajstić information content (AvgIpc) is 2.46. The molecule has 0 saturated carbocycles. The number of hydrogen-bond acceptors (Lipinski definition) is 3. The van der Waals surface area contributed by atoms with Gasteiger partial charge in [-0.2, -0.15) is 0 Å². The number of anilines is 2. The first-order chi connectivity index (χ1) is 11.3. The van der Waals surface area contributed by atoms with Crippen LogP contribution in [0.1, 0.15) is 34.1 Å². The summed E-state index contributed by atoms with van der Waals surface area (Å²) in [6.07, 6.45) is 1.21. The Labute approximate surface area is 144 Å². The van der Waals surface area contributed by atoms with Gasteiger partial charge in [-0.15, -0.1) is 0 Å². The van der Waals surface area contributed by atoms with Crippen LogP contribution < -0.4 is 10.2 Å². The van der Waals surface area contributed by atoms with E-state index in [-0.39, 0.29) is 11.8 Å². The van der Waals surface area contributed by atoms with E-state index in [0.717, 1.165) is 18.8 Å². The number of piperidine rings is 1. The molecule has 1 N–H and O–H groups in total. The van der Waals surface area contributed by atoms with Gasteiger partial charge in [0, 0.05) is 13.1 Å². The number of nitrogens with one attached hydrogen (secondary N) is 1. The predicted octanol–water partition coefficient (Wildman–Crippen LogP) is 2.73. The number of likely N-dealkylation sites (tertiary alicyclic amines) is 1. The van der Waals surface area contributed by atoms with Crippen molar-refractivity contribution in [3.8, 4) is 0 Å². The van der Waals surface area contributed by atoms with E-state index in [9.17, 15) is 9.59 Å². The molecule has 5 heteroatoms. The first-order valence-corrected chi connectivity index (χ1v) is 8.75. The Morgan fingerprint density at radius 2 is 1.83 bits per heavy atom. The third-order valence-corrected chi connectivity index (χ3v) is 5.06. The molecule has 1 aromatic carbocycles. The number of benzene rings is 1. The van der Waals surface area contributed by atoms with Crippen LogP contribution in [-0.4, -0.2) is 41.9 Å². The fraction of sp³-hybridized carbons (Fsp3) is 0.579. The minimum Gasteiger partial charge on any atom is -0.322 e. The summed E-state index contributed by atoms with van der Waals surface area (Å²) in [7, 11) is 0. The summed E-state index contributed by atoms with van der Waals surface area (Å²) in [5.41, 5.74) is 0.596. The molecule has 2 unspecified atom stereocenters. The van der Waals surface area contributed by atoms with E-state index >= 15 is 0 Å². The zero-order valence-electron chi connectivity index (χ0n) is 15.0. The standard InChI is InChI=1S/C19H27N3O2/c1-13-9-14(2)11-21(10-13)12-17(23)22-16-8-6-5-7-15(16)20-18(24)19(22,3)4/h5-8,13-14H,9-12H2,1-4H3,(H,20,24). The van der Waals surface area contributed by atoms with Gasteiger partial charge in [-0.1, -0.05) is 26.0 Å². The van der Waals surface area contributed by atoms with Gasteiger partial charge in [0.15, 0.2) is 0 Å². The summed E-state index contributed by atoms with van der Waals surface area (Å²) >= 11 is 0. The Morgan fingerprint density at radius 3 is 2.50 bits per heavy atom. The second-order valence-corrected chi connectivity index (χ2v) is 7.90. The predicted molar refractivity (Wildman–Crippen MR) is 96.0 cm³/mol. The van der Waals surface area contributed by atoms with Crippen LogP contribution in [0.3, 0.4) is 0 Å². The van der Waals surface area contributed by atoms with E-state index in [1.807, 2.05) is 24.3 Å². The summed E-state index contributed by atoms with van der Waals surface area (Å²) in [5.74, 6) is 1.05. The van der Waals surface area contributed by atoms with Crippen LogP contribution in [0.4, 0.5) is 11.4 Å². The largest absolute Gasteiger partial charge is 0.322 e. The highest BCUT2D eigenvalue weighted by atomic mass is 16.2. The maximum atomic E-state index is 13.1. The van der Waals surface area contributed by atoms with Crippen molar-refractivity contribution in [2.75, 3.05) is 29.9 Å². The van der Waals surface area contributed by atoms with Gasteiger partial charge in [-0.25, -0.2) is 0 Å². The van der Waals surface area contributed by atoms with Gasteiger partial charge in [0.1, 0.15) is 5.54 Å². The molecule has 0 spiro atoms. The Morgan fingerprint density at radius 1 is 1.21 bits per heavy atom. The van der Waals surface area contributed by atoms with Gasteiger partial charge in [-0.05, 0) is 44.2 Å². The number of hydrogen-bond donors (Lipinski definition) is 1. The molecule has 0 radical (unpaired) electrons. The molecular weight excluding hydrogens is 302 g/mol. The molecule has 2 aliphatic heterocycles. The van der Waals surface area contributed by atoms with Crippen molar-refractivity contribution in [3.63, 3.8) is 0 Å². The lowest BCUT2D eigenvalue weighted by molar-refractivity contribution is -0.127. The van der Waals surface area contributed by atoms with E-state index in [1.165, 1.54) is 6.42 Å². The quantitative estimate of drug-likeness (QED) is 0.908. The van der Waals surface area contributed by atoms with Gasteiger partial charge in [0.25, 0.3) is 0 Å². The van der Waals surface area contributed by atoms with Crippen molar-refractivity contribution in [3.05, 3.63) is 24.3 Å². The van der Waals surface area contributed by atoms with E-state index in [1.54, 1.807) is 18.7 Å². The highest BCUT2D eigenvalue weighted by Gasteiger charge is 2.43. The van der Waals surface area contributed by atoms with Crippen LogP contribution in [0, 0.1) is 11.8 Å². The SMILES string of the molecule is CC1CC(C)CN(CC(=O)N2c3ccccc3NC(=O)C2(C)C)C1. The molecule has 0 bridgehead atoms. The fourth-order valence-electron chi connectivity index (χ4n) is 4.08. The lowest BCUT2D eigenvalue weighted by atomic mass is 9.91. The molecular formula is C19H27N3O2. The maximum Gasteiger partial charge on any atom is 0.250 e. The van der Waals surface area contributed by atoms with Gasteiger partial charge in [0.2, 0.25) is 11.8 Å². The minimum atomic E-state index is -0.890. The third kappa shape index (κ3) is 3.05. The Kier molecular flexibility index (Phi) is 4.38. The van der Waals surface area contributed by atoms with Crippen LogP contribution in [0.15, 0.2) is 24.3 Å². The van der Waals surface area contributed by atoms with Crippen molar-refractivity contribution in [2.45, 2.75) is 39.7 Å². The van der Waals surface area contributed by atoms with Crippen LogP contribution in [0.2, 0.25) is 0 Å². The molecule has 2 heterocycles. The summed E-state index contributed by atoms with van der Waals surface area (Å²) < 4.78 is 0. The second kappa shape index (κ2) is 6.20. The van der Waals surface area contributed by atoms with Crippen molar-refractivity contribution in [1.82, 2.24) is 4.90 Å². The molecule has 130 valence electrons. The summed E-state index contributed by atoms with van der Waals surface area (Å²) in [5, 5.41) is 2.91. The first kappa shape index (κ1) is 17.0. The molecule has 1 fully saturated rings.